The Balaban J connectivity index is 1.34. The van der Waals surface area contributed by atoms with Gasteiger partial charge in [-0.3, -0.25) is 14.5 Å². The second-order valence-electron chi connectivity index (χ2n) is 8.77. The molecule has 8 heteroatoms. The SMILES string of the molecule is Cc1ccc(-n2nnc(C(=O)N3CCN(CC(=O)N4CCCCC4C)CC3)c2C)cc1. The maximum absolute atomic E-state index is 13.1. The fraction of sp³-hybridized carbons (Fsp3) is 0.565. The number of rotatable bonds is 4. The van der Waals surface area contributed by atoms with Crippen molar-refractivity contribution >= 4 is 11.8 Å². The summed E-state index contributed by atoms with van der Waals surface area (Å²) in [6.07, 6.45) is 3.40. The fourth-order valence-corrected chi connectivity index (χ4v) is 4.47. The van der Waals surface area contributed by atoms with Gasteiger partial charge in [0, 0.05) is 38.8 Å². The molecule has 2 aliphatic rings. The Morgan fingerprint density at radius 1 is 1.00 bits per heavy atom. The highest BCUT2D eigenvalue weighted by atomic mass is 16.2. The smallest absolute Gasteiger partial charge is 0.276 e. The molecule has 4 rings (SSSR count). The van der Waals surface area contributed by atoms with E-state index in [1.54, 1.807) is 4.68 Å². The van der Waals surface area contributed by atoms with Gasteiger partial charge in [-0.1, -0.05) is 22.9 Å². The van der Waals surface area contributed by atoms with E-state index in [9.17, 15) is 9.59 Å². The molecular weight excluding hydrogens is 392 g/mol. The zero-order valence-electron chi connectivity index (χ0n) is 18.8. The second kappa shape index (κ2) is 9.18. The predicted octanol–water partition coefficient (Wildman–Crippen LogP) is 2.04. The fourth-order valence-electron chi connectivity index (χ4n) is 4.47. The Bertz CT molecular complexity index is 930. The summed E-state index contributed by atoms with van der Waals surface area (Å²) in [7, 11) is 0. The molecule has 2 aliphatic heterocycles. The molecule has 166 valence electrons. The zero-order chi connectivity index (χ0) is 22.0. The molecule has 2 saturated heterocycles. The molecule has 2 fully saturated rings. The summed E-state index contributed by atoms with van der Waals surface area (Å²) >= 11 is 0. The number of aryl methyl sites for hydroxylation is 1. The summed E-state index contributed by atoms with van der Waals surface area (Å²) in [4.78, 5) is 31.8. The van der Waals surface area contributed by atoms with Crippen LogP contribution >= 0.6 is 0 Å². The van der Waals surface area contributed by atoms with Crippen LogP contribution in [0.5, 0.6) is 0 Å². The minimum absolute atomic E-state index is 0.0912. The molecule has 2 aromatic rings. The van der Waals surface area contributed by atoms with Crippen molar-refractivity contribution in [3.8, 4) is 5.69 Å². The molecule has 1 aromatic carbocycles. The number of piperazine rings is 1. The van der Waals surface area contributed by atoms with Crippen LogP contribution in [-0.4, -0.2) is 86.8 Å². The number of benzene rings is 1. The van der Waals surface area contributed by atoms with E-state index in [-0.39, 0.29) is 11.8 Å². The molecule has 0 aliphatic carbocycles. The van der Waals surface area contributed by atoms with Crippen molar-refractivity contribution in [1.82, 2.24) is 29.7 Å². The summed E-state index contributed by atoms with van der Waals surface area (Å²) in [5.41, 5.74) is 3.20. The Labute approximate surface area is 183 Å². The van der Waals surface area contributed by atoms with E-state index in [0.29, 0.717) is 44.5 Å². The van der Waals surface area contributed by atoms with Crippen LogP contribution in [0.25, 0.3) is 5.69 Å². The van der Waals surface area contributed by atoms with Crippen molar-refractivity contribution in [3.05, 3.63) is 41.2 Å². The zero-order valence-corrected chi connectivity index (χ0v) is 18.8. The number of carbonyl (C=O) groups excluding carboxylic acids is 2. The normalized spacial score (nSPS) is 20.2. The molecule has 0 N–H and O–H groups in total. The first-order chi connectivity index (χ1) is 14.9. The molecule has 0 spiro atoms. The number of hydrogen-bond donors (Lipinski definition) is 0. The van der Waals surface area contributed by atoms with Crippen molar-refractivity contribution in [1.29, 1.82) is 0 Å². The Kier molecular flexibility index (Phi) is 6.36. The van der Waals surface area contributed by atoms with E-state index >= 15 is 0 Å². The topological polar surface area (TPSA) is 74.6 Å². The third-order valence-electron chi connectivity index (χ3n) is 6.52. The van der Waals surface area contributed by atoms with Gasteiger partial charge in [0.25, 0.3) is 5.91 Å². The second-order valence-corrected chi connectivity index (χ2v) is 8.77. The lowest BCUT2D eigenvalue weighted by atomic mass is 10.0. The van der Waals surface area contributed by atoms with Crippen molar-refractivity contribution in [2.45, 2.75) is 46.1 Å². The van der Waals surface area contributed by atoms with Gasteiger partial charge in [-0.25, -0.2) is 4.68 Å². The lowest BCUT2D eigenvalue weighted by Gasteiger charge is -2.37. The van der Waals surface area contributed by atoms with Crippen LogP contribution in [0, 0.1) is 13.8 Å². The van der Waals surface area contributed by atoms with Gasteiger partial charge in [0.05, 0.1) is 17.9 Å². The van der Waals surface area contributed by atoms with E-state index in [4.69, 9.17) is 0 Å². The minimum Gasteiger partial charge on any atom is -0.339 e. The van der Waals surface area contributed by atoms with Crippen LogP contribution in [0.4, 0.5) is 0 Å². The van der Waals surface area contributed by atoms with Gasteiger partial charge in [0.15, 0.2) is 5.69 Å². The molecule has 8 nitrogen and oxygen atoms in total. The van der Waals surface area contributed by atoms with Gasteiger partial charge in [0.1, 0.15) is 0 Å². The monoisotopic (exact) mass is 424 g/mol. The Hall–Kier alpha value is -2.74. The molecule has 0 bridgehead atoms. The average Bonchev–Trinajstić information content (AvgIpc) is 3.16. The molecule has 1 aromatic heterocycles. The molecule has 0 saturated carbocycles. The van der Waals surface area contributed by atoms with Crippen molar-refractivity contribution in [3.63, 3.8) is 0 Å². The Morgan fingerprint density at radius 2 is 1.71 bits per heavy atom. The van der Waals surface area contributed by atoms with Crippen LogP contribution in [0.1, 0.15) is 47.9 Å². The van der Waals surface area contributed by atoms with Gasteiger partial charge >= 0.3 is 0 Å². The number of hydrogen-bond acceptors (Lipinski definition) is 5. The molecule has 3 heterocycles. The first kappa shape index (κ1) is 21.5. The maximum atomic E-state index is 13.1. The van der Waals surface area contributed by atoms with E-state index in [1.165, 1.54) is 12.0 Å². The van der Waals surface area contributed by atoms with E-state index in [0.717, 1.165) is 30.8 Å². The minimum atomic E-state index is -0.0912. The van der Waals surface area contributed by atoms with Crippen molar-refractivity contribution < 1.29 is 9.59 Å². The van der Waals surface area contributed by atoms with Gasteiger partial charge in [-0.05, 0) is 52.2 Å². The third kappa shape index (κ3) is 4.63. The van der Waals surface area contributed by atoms with Crippen molar-refractivity contribution in [2.75, 3.05) is 39.3 Å². The third-order valence-corrected chi connectivity index (χ3v) is 6.52. The number of likely N-dealkylation sites (tertiary alicyclic amines) is 1. The molecule has 1 atom stereocenters. The first-order valence-electron chi connectivity index (χ1n) is 11.2. The number of nitrogens with zero attached hydrogens (tertiary/aromatic N) is 6. The number of carbonyl (C=O) groups is 2. The highest BCUT2D eigenvalue weighted by molar-refractivity contribution is 5.93. The van der Waals surface area contributed by atoms with Crippen LogP contribution in [0.2, 0.25) is 0 Å². The highest BCUT2D eigenvalue weighted by Crippen LogP contribution is 2.18. The Morgan fingerprint density at radius 3 is 2.39 bits per heavy atom. The van der Waals surface area contributed by atoms with E-state index in [1.807, 2.05) is 47.9 Å². The van der Waals surface area contributed by atoms with Crippen LogP contribution in [0.3, 0.4) is 0 Å². The highest BCUT2D eigenvalue weighted by Gasteiger charge is 2.29. The summed E-state index contributed by atoms with van der Waals surface area (Å²) in [5.74, 6) is 0.121. The lowest BCUT2D eigenvalue weighted by Crippen LogP contribution is -2.53. The molecule has 31 heavy (non-hydrogen) atoms. The van der Waals surface area contributed by atoms with Crippen LogP contribution in [0.15, 0.2) is 24.3 Å². The summed E-state index contributed by atoms with van der Waals surface area (Å²) in [5, 5.41) is 8.38. The molecule has 1 unspecified atom stereocenters. The number of aromatic nitrogens is 3. The number of piperidine rings is 1. The van der Waals surface area contributed by atoms with Gasteiger partial charge in [0.2, 0.25) is 5.91 Å². The summed E-state index contributed by atoms with van der Waals surface area (Å²) in [6.45, 7) is 9.95. The summed E-state index contributed by atoms with van der Waals surface area (Å²) in [6, 6.07) is 8.32. The van der Waals surface area contributed by atoms with Crippen LogP contribution < -0.4 is 0 Å². The van der Waals surface area contributed by atoms with Crippen LogP contribution in [-0.2, 0) is 4.79 Å². The maximum Gasteiger partial charge on any atom is 0.276 e. The van der Waals surface area contributed by atoms with E-state index < -0.39 is 0 Å². The lowest BCUT2D eigenvalue weighted by molar-refractivity contribution is -0.136. The predicted molar refractivity (Wildman–Crippen MR) is 118 cm³/mol. The number of amides is 2. The quantitative estimate of drug-likeness (QED) is 0.751. The summed E-state index contributed by atoms with van der Waals surface area (Å²) < 4.78 is 1.71. The van der Waals surface area contributed by atoms with E-state index in [2.05, 4.69) is 22.1 Å². The molecule has 0 radical (unpaired) electrons. The van der Waals surface area contributed by atoms with Gasteiger partial charge in [-0.2, -0.15) is 0 Å². The molecular formula is C23H32N6O2. The first-order valence-corrected chi connectivity index (χ1v) is 11.2. The largest absolute Gasteiger partial charge is 0.339 e. The standard InChI is InChI=1S/C23H32N6O2/c1-17-7-9-20(10-8-17)29-19(3)22(24-25-29)23(31)27-14-12-26(13-15-27)16-21(30)28-11-5-4-6-18(28)2/h7-10,18H,4-6,11-16H2,1-3H3. The van der Waals surface area contributed by atoms with Gasteiger partial charge in [-0.15, -0.1) is 5.10 Å². The van der Waals surface area contributed by atoms with Crippen molar-refractivity contribution in [2.24, 2.45) is 0 Å². The van der Waals surface area contributed by atoms with Gasteiger partial charge < -0.3 is 9.80 Å². The molecule has 2 amide bonds. The average molecular weight is 425 g/mol.